The Hall–Kier alpha value is -0.610. The summed E-state index contributed by atoms with van der Waals surface area (Å²) in [4.78, 5) is 13.9. The first-order chi connectivity index (χ1) is 7.11. The number of hydrazine groups is 1. The largest absolute Gasteiger partial charge is 0.293 e. The van der Waals surface area contributed by atoms with E-state index in [1.807, 2.05) is 6.92 Å². The first-order valence-electron chi connectivity index (χ1n) is 5.88. The van der Waals surface area contributed by atoms with Crippen molar-refractivity contribution in [3.05, 3.63) is 0 Å². The highest BCUT2D eigenvalue weighted by atomic mass is 16.2. The summed E-state index contributed by atoms with van der Waals surface area (Å²) in [5, 5.41) is 0. The van der Waals surface area contributed by atoms with Crippen LogP contribution in [0.15, 0.2) is 0 Å². The first-order valence-corrected chi connectivity index (χ1v) is 5.88. The lowest BCUT2D eigenvalue weighted by molar-refractivity contribution is -0.128. The molecule has 3 N–H and O–H groups in total. The van der Waals surface area contributed by atoms with E-state index < -0.39 is 0 Å². The normalized spacial score (nSPS) is 29.9. The van der Waals surface area contributed by atoms with Crippen LogP contribution in [-0.4, -0.2) is 29.4 Å². The van der Waals surface area contributed by atoms with E-state index in [0.29, 0.717) is 12.0 Å². The Labute approximate surface area is 92.2 Å². The van der Waals surface area contributed by atoms with Gasteiger partial charge in [-0.2, -0.15) is 0 Å². The van der Waals surface area contributed by atoms with Gasteiger partial charge in [0.05, 0.1) is 6.04 Å². The number of rotatable bonds is 3. The highest BCUT2D eigenvalue weighted by molar-refractivity contribution is 5.81. The number of piperidine rings is 1. The van der Waals surface area contributed by atoms with E-state index in [1.165, 1.54) is 12.8 Å². The smallest absolute Gasteiger partial charge is 0.251 e. The van der Waals surface area contributed by atoms with Crippen molar-refractivity contribution in [2.24, 2.45) is 11.8 Å². The molecule has 3 unspecified atom stereocenters. The van der Waals surface area contributed by atoms with Crippen LogP contribution in [0, 0.1) is 5.92 Å². The molecule has 1 fully saturated rings. The average Bonchev–Trinajstić information content (AvgIpc) is 2.24. The van der Waals surface area contributed by atoms with Gasteiger partial charge in [0.2, 0.25) is 0 Å². The SMILES string of the molecule is CCC(C(=O)NN)N1CCCC(C)C1C. The van der Waals surface area contributed by atoms with Gasteiger partial charge in [-0.15, -0.1) is 0 Å². The molecule has 0 radical (unpaired) electrons. The summed E-state index contributed by atoms with van der Waals surface area (Å²) in [7, 11) is 0. The van der Waals surface area contributed by atoms with Crippen molar-refractivity contribution >= 4 is 5.91 Å². The van der Waals surface area contributed by atoms with Crippen molar-refractivity contribution in [1.29, 1.82) is 0 Å². The molecule has 3 atom stereocenters. The van der Waals surface area contributed by atoms with Gasteiger partial charge >= 0.3 is 0 Å². The summed E-state index contributed by atoms with van der Waals surface area (Å²) in [6.45, 7) is 7.50. The summed E-state index contributed by atoms with van der Waals surface area (Å²) in [6.07, 6.45) is 3.26. The second-order valence-corrected chi connectivity index (χ2v) is 4.53. The zero-order valence-electron chi connectivity index (χ0n) is 9.99. The van der Waals surface area contributed by atoms with Gasteiger partial charge in [0, 0.05) is 6.04 Å². The third-order valence-corrected chi connectivity index (χ3v) is 3.65. The van der Waals surface area contributed by atoms with E-state index in [1.54, 1.807) is 0 Å². The molecule has 0 aromatic rings. The number of hydrogen-bond acceptors (Lipinski definition) is 3. The van der Waals surface area contributed by atoms with Crippen molar-refractivity contribution in [2.75, 3.05) is 6.54 Å². The third-order valence-electron chi connectivity index (χ3n) is 3.65. The molecule has 0 bridgehead atoms. The maximum atomic E-state index is 11.6. The minimum absolute atomic E-state index is 0.0570. The van der Waals surface area contributed by atoms with Crippen LogP contribution in [-0.2, 0) is 4.79 Å². The molecule has 1 aliphatic rings. The van der Waals surface area contributed by atoms with E-state index in [-0.39, 0.29) is 11.9 Å². The molecule has 4 heteroatoms. The van der Waals surface area contributed by atoms with E-state index in [9.17, 15) is 4.79 Å². The fourth-order valence-corrected chi connectivity index (χ4v) is 2.47. The van der Waals surface area contributed by atoms with Gasteiger partial charge in [0.25, 0.3) is 5.91 Å². The molecule has 1 saturated heterocycles. The Bertz CT molecular complexity index is 220. The lowest BCUT2D eigenvalue weighted by Crippen LogP contribution is -2.55. The summed E-state index contributed by atoms with van der Waals surface area (Å²) in [6, 6.07) is 0.411. The number of likely N-dealkylation sites (tertiary alicyclic amines) is 1. The van der Waals surface area contributed by atoms with Gasteiger partial charge in [0.15, 0.2) is 0 Å². The summed E-state index contributed by atoms with van der Waals surface area (Å²) in [5.74, 6) is 5.82. The molecule has 4 nitrogen and oxygen atoms in total. The minimum Gasteiger partial charge on any atom is -0.293 e. The third kappa shape index (κ3) is 2.69. The van der Waals surface area contributed by atoms with Crippen LogP contribution in [0.25, 0.3) is 0 Å². The standard InChI is InChI=1S/C11H23N3O/c1-4-10(11(15)13-12)14-7-5-6-8(2)9(14)3/h8-10H,4-7,12H2,1-3H3,(H,13,15). The van der Waals surface area contributed by atoms with Gasteiger partial charge in [-0.05, 0) is 38.6 Å². The second kappa shape index (κ2) is 5.47. The minimum atomic E-state index is -0.0623. The Morgan fingerprint density at radius 3 is 2.80 bits per heavy atom. The molecule has 15 heavy (non-hydrogen) atoms. The summed E-state index contributed by atoms with van der Waals surface area (Å²) >= 11 is 0. The summed E-state index contributed by atoms with van der Waals surface area (Å²) in [5.41, 5.74) is 2.27. The van der Waals surface area contributed by atoms with Gasteiger partial charge < -0.3 is 0 Å². The van der Waals surface area contributed by atoms with Crippen molar-refractivity contribution < 1.29 is 4.79 Å². The second-order valence-electron chi connectivity index (χ2n) is 4.53. The maximum Gasteiger partial charge on any atom is 0.251 e. The van der Waals surface area contributed by atoms with Crippen LogP contribution in [0.1, 0.15) is 40.0 Å². The zero-order chi connectivity index (χ0) is 11.4. The number of nitrogens with two attached hydrogens (primary N) is 1. The first kappa shape index (κ1) is 12.5. The van der Waals surface area contributed by atoms with Crippen LogP contribution in [0.2, 0.25) is 0 Å². The predicted octanol–water partition coefficient (Wildman–Crippen LogP) is 0.875. The fraction of sp³-hybridized carbons (Fsp3) is 0.909. The molecule has 1 heterocycles. The lowest BCUT2D eigenvalue weighted by atomic mass is 9.90. The molecule has 1 aliphatic heterocycles. The van der Waals surface area contributed by atoms with Crippen LogP contribution >= 0.6 is 0 Å². The number of carbonyl (C=O) groups excluding carboxylic acids is 1. The van der Waals surface area contributed by atoms with Gasteiger partial charge in [-0.25, -0.2) is 5.84 Å². The van der Waals surface area contributed by atoms with Crippen molar-refractivity contribution in [2.45, 2.75) is 52.1 Å². The Balaban J connectivity index is 2.70. The molecule has 88 valence electrons. The fourth-order valence-electron chi connectivity index (χ4n) is 2.47. The topological polar surface area (TPSA) is 58.4 Å². The average molecular weight is 213 g/mol. The Kier molecular flexibility index (Phi) is 4.54. The highest BCUT2D eigenvalue weighted by Crippen LogP contribution is 2.25. The van der Waals surface area contributed by atoms with E-state index in [0.717, 1.165) is 13.0 Å². The number of carbonyl (C=O) groups is 1. The van der Waals surface area contributed by atoms with Gasteiger partial charge in [-0.3, -0.25) is 15.1 Å². The molecule has 0 spiro atoms. The maximum absolute atomic E-state index is 11.6. The molecular weight excluding hydrogens is 190 g/mol. The van der Waals surface area contributed by atoms with Crippen LogP contribution in [0.3, 0.4) is 0 Å². The molecule has 1 amide bonds. The molecule has 0 aromatic heterocycles. The number of amides is 1. The lowest BCUT2D eigenvalue weighted by Gasteiger charge is -2.41. The predicted molar refractivity (Wildman–Crippen MR) is 61.0 cm³/mol. The monoisotopic (exact) mass is 213 g/mol. The number of nitrogens with one attached hydrogen (secondary N) is 1. The van der Waals surface area contributed by atoms with Gasteiger partial charge in [0.1, 0.15) is 0 Å². The molecule has 0 saturated carbocycles. The van der Waals surface area contributed by atoms with Gasteiger partial charge in [-0.1, -0.05) is 13.8 Å². The van der Waals surface area contributed by atoms with E-state index in [4.69, 9.17) is 5.84 Å². The van der Waals surface area contributed by atoms with Crippen molar-refractivity contribution in [1.82, 2.24) is 10.3 Å². The van der Waals surface area contributed by atoms with Crippen molar-refractivity contribution in [3.63, 3.8) is 0 Å². The molecule has 0 aliphatic carbocycles. The molecular formula is C11H23N3O. The molecule has 1 rings (SSSR count). The summed E-state index contributed by atoms with van der Waals surface area (Å²) < 4.78 is 0. The van der Waals surface area contributed by atoms with Crippen LogP contribution in [0.5, 0.6) is 0 Å². The van der Waals surface area contributed by atoms with Crippen molar-refractivity contribution in [3.8, 4) is 0 Å². The van der Waals surface area contributed by atoms with Crippen LogP contribution in [0.4, 0.5) is 0 Å². The highest BCUT2D eigenvalue weighted by Gasteiger charge is 2.32. The zero-order valence-corrected chi connectivity index (χ0v) is 9.99. The Morgan fingerprint density at radius 1 is 1.60 bits per heavy atom. The van der Waals surface area contributed by atoms with E-state index in [2.05, 4.69) is 24.2 Å². The van der Waals surface area contributed by atoms with E-state index >= 15 is 0 Å². The quantitative estimate of drug-likeness (QED) is 0.415. The number of nitrogens with zero attached hydrogens (tertiary/aromatic N) is 1. The number of hydrogen-bond donors (Lipinski definition) is 2. The molecule has 0 aromatic carbocycles. The Morgan fingerprint density at radius 2 is 2.27 bits per heavy atom. The van der Waals surface area contributed by atoms with Crippen LogP contribution < -0.4 is 11.3 Å².